The highest BCUT2D eigenvalue weighted by atomic mass is 35.5. The normalized spacial score (nSPS) is 17.4. The van der Waals surface area contributed by atoms with Gasteiger partial charge in [0.1, 0.15) is 42.4 Å². The number of nitrogens with two attached hydrogens (primary N) is 2. The molecule has 0 aliphatic carbocycles. The summed E-state index contributed by atoms with van der Waals surface area (Å²) in [6, 6.07) is 15.9. The molecule has 5 heterocycles. The molecule has 27 heteroatoms. The van der Waals surface area contributed by atoms with Crippen molar-refractivity contribution in [2.24, 2.45) is 0 Å². The lowest BCUT2D eigenvalue weighted by Gasteiger charge is -2.30. The average molecular weight is 1030 g/mol. The van der Waals surface area contributed by atoms with Gasteiger partial charge in [0.15, 0.2) is 35.4 Å². The Morgan fingerprint density at radius 2 is 1.63 bits per heavy atom. The fraction of sp³-hybridized carbons (Fsp3) is 0.372. The predicted octanol–water partition coefficient (Wildman–Crippen LogP) is 6.61. The number of para-hydroxylation sites is 1. The lowest BCUT2D eigenvalue weighted by atomic mass is 10.1. The van der Waals surface area contributed by atoms with Crippen LogP contribution in [-0.2, 0) is 69.1 Å². The van der Waals surface area contributed by atoms with Crippen molar-refractivity contribution in [3.05, 3.63) is 103 Å². The number of aromatic nitrogens is 8. The van der Waals surface area contributed by atoms with Crippen LogP contribution in [0.4, 0.5) is 11.6 Å². The van der Waals surface area contributed by atoms with Crippen LogP contribution in [-0.4, -0.2) is 113 Å². The van der Waals surface area contributed by atoms with Gasteiger partial charge in [0, 0.05) is 24.1 Å². The highest BCUT2D eigenvalue weighted by Crippen LogP contribution is 2.56. The summed E-state index contributed by atoms with van der Waals surface area (Å²) in [5, 5.41) is 8.59. The quantitative estimate of drug-likeness (QED) is 0.0224. The molecule has 0 amide bonds. The maximum Gasteiger partial charge on any atom is 0.405 e. The molecule has 4 aromatic heterocycles. The summed E-state index contributed by atoms with van der Waals surface area (Å²) >= 11 is 6.03. The molecule has 2 aromatic carbocycles. The van der Waals surface area contributed by atoms with Crippen LogP contribution >= 0.6 is 26.8 Å². The molecule has 6 aromatic rings. The van der Waals surface area contributed by atoms with E-state index in [9.17, 15) is 23.5 Å². The highest BCUT2D eigenvalue weighted by molar-refractivity contribution is 7.54. The van der Waals surface area contributed by atoms with Crippen LogP contribution in [0.3, 0.4) is 0 Å². The third-order valence-corrected chi connectivity index (χ3v) is 12.7. The number of benzene rings is 2. The van der Waals surface area contributed by atoms with Gasteiger partial charge in [-0.2, -0.15) is 0 Å². The van der Waals surface area contributed by atoms with E-state index in [2.05, 4.69) is 34.6 Å². The minimum Gasteiger partial charge on any atom is -0.478 e. The van der Waals surface area contributed by atoms with E-state index >= 15 is 0 Å². The zero-order valence-corrected chi connectivity index (χ0v) is 41.0. The Morgan fingerprint density at radius 1 is 0.957 bits per heavy atom. The first kappa shape index (κ1) is 54.6. The van der Waals surface area contributed by atoms with Crippen molar-refractivity contribution in [2.75, 3.05) is 44.0 Å². The summed E-state index contributed by atoms with van der Waals surface area (Å²) in [7, 11) is -7.24. The highest BCUT2D eigenvalue weighted by Gasteiger charge is 2.36. The minimum atomic E-state index is -3.89. The molecule has 5 N–H and O–H groups in total. The summed E-state index contributed by atoms with van der Waals surface area (Å²) in [6.45, 7) is 8.38. The average Bonchev–Trinajstić information content (AvgIpc) is 3.94. The van der Waals surface area contributed by atoms with Crippen molar-refractivity contribution < 1.29 is 65.7 Å². The Bertz CT molecular complexity index is 2780. The third-order valence-electron chi connectivity index (χ3n) is 9.24. The van der Waals surface area contributed by atoms with Gasteiger partial charge in [-0.1, -0.05) is 41.9 Å². The standard InChI is InChI=1S/C21H28N5O6P.C17H19ClN5O4P.C5H6O4/c1-14(2)30-21(27)16(4)31-33(28,32-17-8-6-5-7-9-17)13-29-15(3)10-26-12-25-18-19(22)23-11-24-20(18)26;18-13-3-1-2-12(8-13)14-4-6-26-28(24,27-14)11-25-7-5-23-10-22-15-16(19)20-9-21-17(15)23;6-4-9-3-1-2-5(7)8/h5-9,11-12,14-16H,10,13H2,1-4H3,(H2,22,23,24);1-3,8-10,14H,4-7,11H2,(H2,19,20,21);1-2,4H,3H2,(H,7,8)/b;;2-1+/t15-,16+,33-;14-,28?;/m10./s1. The monoisotopic (exact) mass is 1030 g/mol. The smallest absolute Gasteiger partial charge is 0.405 e. The van der Waals surface area contributed by atoms with Crippen molar-refractivity contribution in [3.8, 4) is 5.75 Å². The Balaban J connectivity index is 0.000000224. The number of carboxylic acids is 1. The third kappa shape index (κ3) is 16.9. The molecule has 1 saturated heterocycles. The molecule has 376 valence electrons. The Morgan fingerprint density at radius 3 is 2.27 bits per heavy atom. The number of aliphatic carboxylic acids is 1. The molecule has 0 bridgehead atoms. The van der Waals surface area contributed by atoms with Gasteiger partial charge in [-0.3, -0.25) is 18.4 Å². The van der Waals surface area contributed by atoms with E-state index in [0.717, 1.165) is 11.6 Å². The van der Waals surface area contributed by atoms with Crippen LogP contribution in [0.5, 0.6) is 5.75 Å². The second-order valence-electron chi connectivity index (χ2n) is 15.1. The van der Waals surface area contributed by atoms with Crippen LogP contribution in [0.25, 0.3) is 22.3 Å². The SMILES string of the molecule is CC(C)OC(=O)[C@H](C)O[P@](=O)(CO[C@H](C)Cn1cnc2c(N)ncnc21)Oc1ccccc1.Nc1ncnc2c1ncn2CCOCP1(=O)OCC[C@@H](c2cccc(Cl)c2)O1.O=COC/C=C/C(=O)O. The Hall–Kier alpha value is -6.36. The number of halogens is 1. The van der Waals surface area contributed by atoms with Crippen molar-refractivity contribution >= 4 is 79.2 Å². The van der Waals surface area contributed by atoms with Gasteiger partial charge < -0.3 is 53.7 Å². The molecule has 70 heavy (non-hydrogen) atoms. The predicted molar refractivity (Wildman–Crippen MR) is 254 cm³/mol. The molecule has 1 fully saturated rings. The molecule has 0 saturated carbocycles. The van der Waals surface area contributed by atoms with Crippen LogP contribution in [0.15, 0.2) is 92.1 Å². The number of carbonyl (C=O) groups is 3. The summed E-state index contributed by atoms with van der Waals surface area (Å²) in [4.78, 5) is 56.0. The van der Waals surface area contributed by atoms with Crippen molar-refractivity contribution in [1.29, 1.82) is 0 Å². The zero-order valence-electron chi connectivity index (χ0n) is 38.5. The second kappa shape index (κ2) is 26.6. The number of ether oxygens (including phenoxy) is 4. The number of anilines is 2. The van der Waals surface area contributed by atoms with Gasteiger partial charge in [0.25, 0.3) is 6.47 Å². The maximum atomic E-state index is 13.5. The topological polar surface area (TPSA) is 319 Å². The van der Waals surface area contributed by atoms with Gasteiger partial charge in [-0.05, 0) is 63.6 Å². The zero-order chi connectivity index (χ0) is 50.7. The lowest BCUT2D eigenvalue weighted by molar-refractivity contribution is -0.155. The largest absolute Gasteiger partial charge is 0.478 e. The first-order valence-electron chi connectivity index (χ1n) is 21.3. The van der Waals surface area contributed by atoms with Gasteiger partial charge in [0.05, 0.1) is 50.7 Å². The molecule has 1 aliphatic rings. The number of carbonyl (C=O) groups excluding carboxylic acids is 2. The van der Waals surface area contributed by atoms with Crippen LogP contribution in [0.2, 0.25) is 5.02 Å². The number of hydrogen-bond acceptors (Lipinski definition) is 21. The van der Waals surface area contributed by atoms with E-state index in [1.165, 1.54) is 25.7 Å². The first-order chi connectivity index (χ1) is 33.5. The van der Waals surface area contributed by atoms with Gasteiger partial charge in [0.2, 0.25) is 0 Å². The van der Waals surface area contributed by atoms with Gasteiger partial charge in [-0.25, -0.2) is 44.1 Å². The van der Waals surface area contributed by atoms with Crippen LogP contribution in [0.1, 0.15) is 45.8 Å². The fourth-order valence-corrected chi connectivity index (χ4v) is 9.49. The number of fused-ring (bicyclic) bond motifs is 2. The van der Waals surface area contributed by atoms with Crippen LogP contribution in [0, 0.1) is 0 Å². The fourth-order valence-electron chi connectivity index (χ4n) is 6.14. The molecule has 5 atom stereocenters. The second-order valence-corrected chi connectivity index (χ2v) is 19.4. The number of carboxylic acid groups (broad SMARTS) is 1. The van der Waals surface area contributed by atoms with Crippen molar-refractivity contribution in [2.45, 2.75) is 71.6 Å². The first-order valence-corrected chi connectivity index (χ1v) is 25.2. The van der Waals surface area contributed by atoms with E-state index in [0.29, 0.717) is 65.0 Å². The Labute approximate surface area is 406 Å². The molecule has 7 rings (SSSR count). The molecular weight excluding hydrogens is 978 g/mol. The van der Waals surface area contributed by atoms with Crippen LogP contribution < -0.4 is 16.0 Å². The van der Waals surface area contributed by atoms with E-state index in [-0.39, 0.29) is 50.4 Å². The number of rotatable bonds is 21. The molecule has 24 nitrogen and oxygen atoms in total. The van der Waals surface area contributed by atoms with Crippen molar-refractivity contribution in [1.82, 2.24) is 39.0 Å². The van der Waals surface area contributed by atoms with Crippen molar-refractivity contribution in [3.63, 3.8) is 0 Å². The van der Waals surface area contributed by atoms with Gasteiger partial charge in [-0.15, -0.1) is 0 Å². The summed E-state index contributed by atoms with van der Waals surface area (Å²) in [6.07, 6.45) is 5.96. The van der Waals surface area contributed by atoms with E-state index in [4.69, 9.17) is 60.5 Å². The van der Waals surface area contributed by atoms with Gasteiger partial charge >= 0.3 is 27.1 Å². The molecule has 0 spiro atoms. The number of imidazole rings is 2. The number of esters is 1. The molecule has 0 radical (unpaired) electrons. The molecule has 1 aliphatic heterocycles. The maximum absolute atomic E-state index is 13.5. The minimum absolute atomic E-state index is 0.00972. The van der Waals surface area contributed by atoms with E-state index in [1.54, 1.807) is 85.0 Å². The van der Waals surface area contributed by atoms with E-state index < -0.39 is 39.3 Å². The lowest BCUT2D eigenvalue weighted by Crippen LogP contribution is -2.27. The number of nitrogens with zero attached hydrogens (tertiary/aromatic N) is 8. The summed E-state index contributed by atoms with van der Waals surface area (Å²) < 4.78 is 72.9. The Kier molecular flexibility index (Phi) is 20.7. The number of nitrogen functional groups attached to an aromatic ring is 2. The summed E-state index contributed by atoms with van der Waals surface area (Å²) in [5.74, 6) is -0.759. The molecular formula is C43H53ClN10O14P2. The van der Waals surface area contributed by atoms with E-state index in [1.807, 2.05) is 12.1 Å². The number of hydrogen-bond donors (Lipinski definition) is 3. The molecule has 1 unspecified atom stereocenters. The summed E-state index contributed by atoms with van der Waals surface area (Å²) in [5.41, 5.74) is 14.7.